The van der Waals surface area contributed by atoms with E-state index in [1.54, 1.807) is 0 Å². The van der Waals surface area contributed by atoms with Gasteiger partial charge in [0.1, 0.15) is 0 Å². The van der Waals surface area contributed by atoms with Crippen molar-refractivity contribution in [3.63, 3.8) is 0 Å². The summed E-state index contributed by atoms with van der Waals surface area (Å²) in [4.78, 5) is 0. The standard InChI is InChI=1S/C42H27BrN2/c43-32-11-8-12-34(27-32)45-40-16-7-5-14-36(40)38-26-31(20-24-42(38)45)30-19-23-41-37(25-30)35-13-4-6-15-39(35)44(41)33-21-17-29(18-22-33)28-9-2-1-3-10-28/h1-27H. The molecule has 0 bridgehead atoms. The van der Waals surface area contributed by atoms with E-state index in [0.717, 1.165) is 15.8 Å². The van der Waals surface area contributed by atoms with Crippen LogP contribution in [0.15, 0.2) is 168 Å². The normalized spacial score (nSPS) is 11.7. The van der Waals surface area contributed by atoms with E-state index in [9.17, 15) is 0 Å². The number of benzene rings is 7. The zero-order valence-corrected chi connectivity index (χ0v) is 25.9. The van der Waals surface area contributed by atoms with Crippen LogP contribution in [0.1, 0.15) is 0 Å². The summed E-state index contributed by atoms with van der Waals surface area (Å²) < 4.78 is 5.82. The molecule has 0 N–H and O–H groups in total. The van der Waals surface area contributed by atoms with Gasteiger partial charge >= 0.3 is 0 Å². The summed E-state index contributed by atoms with van der Waals surface area (Å²) in [5.74, 6) is 0. The van der Waals surface area contributed by atoms with Gasteiger partial charge in [0, 0.05) is 37.4 Å². The third kappa shape index (κ3) is 4.23. The van der Waals surface area contributed by atoms with Gasteiger partial charge in [-0.1, -0.05) is 113 Å². The number of fused-ring (bicyclic) bond motifs is 6. The first-order chi connectivity index (χ1) is 22.2. The number of hydrogen-bond donors (Lipinski definition) is 0. The van der Waals surface area contributed by atoms with Gasteiger partial charge in [0.25, 0.3) is 0 Å². The number of aromatic nitrogens is 2. The van der Waals surface area contributed by atoms with E-state index in [0.29, 0.717) is 0 Å². The van der Waals surface area contributed by atoms with E-state index in [2.05, 4.69) is 189 Å². The fourth-order valence-electron chi connectivity index (χ4n) is 6.91. The lowest BCUT2D eigenvalue weighted by Gasteiger charge is -2.10. The second-order valence-corrected chi connectivity index (χ2v) is 12.5. The molecule has 0 aliphatic rings. The summed E-state index contributed by atoms with van der Waals surface area (Å²) in [5.41, 5.74) is 12.0. The van der Waals surface area contributed by atoms with E-state index in [-0.39, 0.29) is 0 Å². The topological polar surface area (TPSA) is 9.86 Å². The highest BCUT2D eigenvalue weighted by Gasteiger charge is 2.16. The van der Waals surface area contributed by atoms with Crippen molar-refractivity contribution in [1.82, 2.24) is 9.13 Å². The fraction of sp³-hybridized carbons (Fsp3) is 0. The molecule has 2 heterocycles. The van der Waals surface area contributed by atoms with Gasteiger partial charge in [0.05, 0.1) is 22.1 Å². The van der Waals surface area contributed by atoms with Gasteiger partial charge in [0.15, 0.2) is 0 Å². The first-order valence-electron chi connectivity index (χ1n) is 15.2. The largest absolute Gasteiger partial charge is 0.309 e. The molecule has 3 heteroatoms. The number of para-hydroxylation sites is 2. The van der Waals surface area contributed by atoms with Gasteiger partial charge in [-0.2, -0.15) is 0 Å². The molecule has 9 aromatic rings. The highest BCUT2D eigenvalue weighted by atomic mass is 79.9. The molecule has 2 nitrogen and oxygen atoms in total. The zero-order chi connectivity index (χ0) is 29.9. The van der Waals surface area contributed by atoms with Crippen LogP contribution in [-0.2, 0) is 0 Å². The van der Waals surface area contributed by atoms with Gasteiger partial charge in [-0.05, 0) is 89.0 Å². The quantitative estimate of drug-likeness (QED) is 0.181. The Morgan fingerprint density at radius 3 is 1.40 bits per heavy atom. The molecule has 0 radical (unpaired) electrons. The number of halogens is 1. The van der Waals surface area contributed by atoms with Crippen LogP contribution < -0.4 is 0 Å². The Bertz CT molecular complexity index is 2540. The monoisotopic (exact) mass is 638 g/mol. The van der Waals surface area contributed by atoms with Crippen LogP contribution >= 0.6 is 15.9 Å². The van der Waals surface area contributed by atoms with E-state index in [4.69, 9.17) is 0 Å². The predicted octanol–water partition coefficient (Wildman–Crippen LogP) is 12.0. The first-order valence-corrected chi connectivity index (χ1v) is 16.0. The highest BCUT2D eigenvalue weighted by Crippen LogP contribution is 2.38. The van der Waals surface area contributed by atoms with Crippen molar-refractivity contribution in [3.8, 4) is 33.6 Å². The molecule has 0 unspecified atom stereocenters. The van der Waals surface area contributed by atoms with Crippen LogP contribution in [0.5, 0.6) is 0 Å². The zero-order valence-electron chi connectivity index (χ0n) is 24.4. The summed E-state index contributed by atoms with van der Waals surface area (Å²) in [6, 6.07) is 59.2. The van der Waals surface area contributed by atoms with Crippen LogP contribution in [0.25, 0.3) is 77.2 Å². The molecule has 2 aromatic heterocycles. The fourth-order valence-corrected chi connectivity index (χ4v) is 7.30. The second kappa shape index (κ2) is 10.4. The van der Waals surface area contributed by atoms with Crippen LogP contribution in [0, 0.1) is 0 Å². The Morgan fingerprint density at radius 1 is 0.311 bits per heavy atom. The van der Waals surface area contributed by atoms with Crippen molar-refractivity contribution in [3.05, 3.63) is 168 Å². The lowest BCUT2D eigenvalue weighted by Crippen LogP contribution is -1.94. The van der Waals surface area contributed by atoms with Crippen LogP contribution in [0.2, 0.25) is 0 Å². The van der Waals surface area contributed by atoms with Crippen molar-refractivity contribution in [2.45, 2.75) is 0 Å². The summed E-state index contributed by atoms with van der Waals surface area (Å²) >= 11 is 3.67. The summed E-state index contributed by atoms with van der Waals surface area (Å²) in [6.45, 7) is 0. The Labute approximate surface area is 269 Å². The maximum Gasteiger partial charge on any atom is 0.0541 e. The molecule has 0 saturated heterocycles. The van der Waals surface area contributed by atoms with Gasteiger partial charge in [-0.15, -0.1) is 0 Å². The first kappa shape index (κ1) is 26.1. The molecule has 0 atom stereocenters. The van der Waals surface area contributed by atoms with Crippen LogP contribution in [-0.4, -0.2) is 9.13 Å². The van der Waals surface area contributed by atoms with E-state index >= 15 is 0 Å². The Kier molecular flexibility index (Phi) is 6.00. The van der Waals surface area contributed by atoms with Crippen LogP contribution in [0.3, 0.4) is 0 Å². The molecule has 7 aromatic carbocycles. The minimum atomic E-state index is 1.07. The van der Waals surface area contributed by atoms with Gasteiger partial charge in [-0.3, -0.25) is 0 Å². The molecule has 0 amide bonds. The molecular formula is C42H27BrN2. The SMILES string of the molecule is Brc1cccc(-n2c3ccccc3c3cc(-c4ccc5c(c4)c4ccccc4n5-c4ccc(-c5ccccc5)cc4)ccc32)c1. The Hall–Kier alpha value is -5.38. The molecule has 0 fully saturated rings. The average Bonchev–Trinajstić information content (AvgIpc) is 3.61. The number of nitrogens with zero attached hydrogens (tertiary/aromatic N) is 2. The summed E-state index contributed by atoms with van der Waals surface area (Å²) in [6.07, 6.45) is 0. The third-order valence-corrected chi connectivity index (χ3v) is 9.47. The lowest BCUT2D eigenvalue weighted by molar-refractivity contribution is 1.18. The van der Waals surface area contributed by atoms with Crippen molar-refractivity contribution in [2.24, 2.45) is 0 Å². The minimum Gasteiger partial charge on any atom is -0.309 e. The maximum absolute atomic E-state index is 3.67. The summed E-state index contributed by atoms with van der Waals surface area (Å²) in [7, 11) is 0. The highest BCUT2D eigenvalue weighted by molar-refractivity contribution is 9.10. The molecule has 0 aliphatic heterocycles. The lowest BCUT2D eigenvalue weighted by atomic mass is 10.0. The average molecular weight is 640 g/mol. The number of rotatable bonds is 4. The van der Waals surface area contributed by atoms with E-state index in [1.807, 2.05) is 0 Å². The molecule has 0 spiro atoms. The molecule has 9 rings (SSSR count). The molecular weight excluding hydrogens is 612 g/mol. The summed E-state index contributed by atoms with van der Waals surface area (Å²) in [5, 5.41) is 5.02. The third-order valence-electron chi connectivity index (χ3n) is 8.98. The van der Waals surface area contributed by atoms with Crippen molar-refractivity contribution >= 4 is 59.5 Å². The molecule has 212 valence electrons. The van der Waals surface area contributed by atoms with Crippen LogP contribution in [0.4, 0.5) is 0 Å². The van der Waals surface area contributed by atoms with Crippen molar-refractivity contribution in [2.75, 3.05) is 0 Å². The van der Waals surface area contributed by atoms with Gasteiger partial charge < -0.3 is 9.13 Å². The molecule has 0 aliphatic carbocycles. The maximum atomic E-state index is 3.67. The molecule has 0 saturated carbocycles. The smallest absolute Gasteiger partial charge is 0.0541 e. The van der Waals surface area contributed by atoms with Crippen molar-refractivity contribution in [1.29, 1.82) is 0 Å². The second-order valence-electron chi connectivity index (χ2n) is 11.6. The Balaban J connectivity index is 1.20. The van der Waals surface area contributed by atoms with Gasteiger partial charge in [-0.25, -0.2) is 0 Å². The minimum absolute atomic E-state index is 1.07. The predicted molar refractivity (Wildman–Crippen MR) is 194 cm³/mol. The Morgan fingerprint density at radius 2 is 0.800 bits per heavy atom. The van der Waals surface area contributed by atoms with E-state index in [1.165, 1.54) is 65.9 Å². The van der Waals surface area contributed by atoms with E-state index < -0.39 is 0 Å². The number of hydrogen-bond acceptors (Lipinski definition) is 0. The molecule has 45 heavy (non-hydrogen) atoms. The van der Waals surface area contributed by atoms with Crippen molar-refractivity contribution < 1.29 is 0 Å². The van der Waals surface area contributed by atoms with Gasteiger partial charge in [0.2, 0.25) is 0 Å².